The number of carbonyl (C=O) groups is 1. The van der Waals surface area contributed by atoms with Crippen LogP contribution in [0.3, 0.4) is 0 Å². The van der Waals surface area contributed by atoms with E-state index in [4.69, 9.17) is 0 Å². The lowest BCUT2D eigenvalue weighted by Crippen LogP contribution is -2.46. The Kier molecular flexibility index (Phi) is 4.36. The molecule has 0 saturated carbocycles. The number of hydrogen-bond donors (Lipinski definition) is 1. The molecule has 0 radical (unpaired) electrons. The first-order valence-electron chi connectivity index (χ1n) is 5.86. The van der Waals surface area contributed by atoms with Gasteiger partial charge in [-0.05, 0) is 35.2 Å². The number of nitrogens with zero attached hydrogens (tertiary/aromatic N) is 1. The van der Waals surface area contributed by atoms with E-state index >= 15 is 0 Å². The minimum absolute atomic E-state index is 0.316. The molecule has 2 rings (SSSR count). The van der Waals surface area contributed by atoms with Crippen molar-refractivity contribution in [2.24, 2.45) is 0 Å². The summed E-state index contributed by atoms with van der Waals surface area (Å²) in [6.45, 7) is 3.63. The van der Waals surface area contributed by atoms with Crippen molar-refractivity contribution in [3.63, 3.8) is 0 Å². The summed E-state index contributed by atoms with van der Waals surface area (Å²) in [6, 6.07) is 2.14. The Morgan fingerprint density at radius 3 is 2.94 bits per heavy atom. The lowest BCUT2D eigenvalue weighted by molar-refractivity contribution is -0.131. The fourth-order valence-corrected chi connectivity index (χ4v) is 2.65. The maximum absolute atomic E-state index is 11.8. The molecule has 88 valence electrons. The van der Waals surface area contributed by atoms with Crippen molar-refractivity contribution in [2.45, 2.75) is 19.3 Å². The molecule has 0 aliphatic carbocycles. The monoisotopic (exact) mass is 238 g/mol. The average Bonchev–Trinajstić information content (AvgIpc) is 2.83. The molecule has 3 nitrogen and oxygen atoms in total. The first kappa shape index (κ1) is 11.6. The molecule has 0 spiro atoms. The van der Waals surface area contributed by atoms with Crippen molar-refractivity contribution in [3.8, 4) is 0 Å². The molecule has 1 saturated heterocycles. The molecule has 1 N–H and O–H groups in total. The highest BCUT2D eigenvalue weighted by Crippen LogP contribution is 2.10. The third-order valence-electron chi connectivity index (χ3n) is 2.91. The summed E-state index contributed by atoms with van der Waals surface area (Å²) in [5, 5.41) is 7.51. The van der Waals surface area contributed by atoms with Gasteiger partial charge in [-0.15, -0.1) is 0 Å². The van der Waals surface area contributed by atoms with Gasteiger partial charge in [0.1, 0.15) is 0 Å². The van der Waals surface area contributed by atoms with E-state index in [1.165, 1.54) is 5.56 Å². The van der Waals surface area contributed by atoms with Crippen LogP contribution in [0.25, 0.3) is 0 Å². The normalized spacial score (nSPS) is 16.4. The number of carbonyl (C=O) groups excluding carboxylic acids is 1. The zero-order chi connectivity index (χ0) is 11.2. The second-order valence-corrected chi connectivity index (χ2v) is 4.90. The van der Waals surface area contributed by atoms with Crippen molar-refractivity contribution in [1.82, 2.24) is 10.2 Å². The van der Waals surface area contributed by atoms with Crippen LogP contribution in [0.4, 0.5) is 0 Å². The Labute approximate surface area is 100 Å². The summed E-state index contributed by atoms with van der Waals surface area (Å²) in [4.78, 5) is 13.8. The molecule has 4 heteroatoms. The summed E-state index contributed by atoms with van der Waals surface area (Å²) in [5.41, 5.74) is 1.36. The highest BCUT2D eigenvalue weighted by Gasteiger charge is 2.15. The van der Waals surface area contributed by atoms with Gasteiger partial charge >= 0.3 is 0 Å². The Hall–Kier alpha value is -0.870. The topological polar surface area (TPSA) is 32.3 Å². The fourth-order valence-electron chi connectivity index (χ4n) is 1.95. The second-order valence-electron chi connectivity index (χ2n) is 4.12. The minimum Gasteiger partial charge on any atom is -0.340 e. The molecule has 1 aromatic rings. The molecule has 0 unspecified atom stereocenters. The molecule has 1 aliphatic rings. The summed E-state index contributed by atoms with van der Waals surface area (Å²) < 4.78 is 0. The van der Waals surface area contributed by atoms with Crippen LogP contribution in [0.15, 0.2) is 16.8 Å². The van der Waals surface area contributed by atoms with Gasteiger partial charge in [-0.25, -0.2) is 0 Å². The highest BCUT2D eigenvalue weighted by molar-refractivity contribution is 7.07. The third kappa shape index (κ3) is 3.32. The van der Waals surface area contributed by atoms with Gasteiger partial charge in [-0.2, -0.15) is 11.3 Å². The summed E-state index contributed by atoms with van der Waals surface area (Å²) >= 11 is 1.72. The van der Waals surface area contributed by atoms with Gasteiger partial charge in [-0.1, -0.05) is 0 Å². The van der Waals surface area contributed by atoms with Crippen LogP contribution >= 0.6 is 11.3 Å². The number of amides is 1. The van der Waals surface area contributed by atoms with Crippen molar-refractivity contribution < 1.29 is 4.79 Å². The fraction of sp³-hybridized carbons (Fsp3) is 0.583. The molecular weight excluding hydrogens is 220 g/mol. The molecule has 0 aromatic carbocycles. The highest BCUT2D eigenvalue weighted by atomic mass is 32.1. The van der Waals surface area contributed by atoms with Gasteiger partial charge < -0.3 is 10.2 Å². The van der Waals surface area contributed by atoms with E-state index in [1.54, 1.807) is 11.3 Å². The molecule has 0 atom stereocenters. The maximum atomic E-state index is 11.8. The van der Waals surface area contributed by atoms with Crippen molar-refractivity contribution in [2.75, 3.05) is 26.2 Å². The van der Waals surface area contributed by atoms with E-state index in [2.05, 4.69) is 22.1 Å². The van der Waals surface area contributed by atoms with Gasteiger partial charge in [0.05, 0.1) is 0 Å². The van der Waals surface area contributed by atoms with Crippen molar-refractivity contribution in [1.29, 1.82) is 0 Å². The Morgan fingerprint density at radius 2 is 2.25 bits per heavy atom. The van der Waals surface area contributed by atoms with Crippen LogP contribution in [0.1, 0.15) is 18.4 Å². The molecule has 1 aliphatic heterocycles. The van der Waals surface area contributed by atoms with E-state index < -0.39 is 0 Å². The van der Waals surface area contributed by atoms with E-state index in [1.807, 2.05) is 4.90 Å². The predicted octanol–water partition coefficient (Wildman–Crippen LogP) is 1.50. The minimum atomic E-state index is 0.316. The first-order chi connectivity index (χ1) is 7.86. The predicted molar refractivity (Wildman–Crippen MR) is 66.7 cm³/mol. The summed E-state index contributed by atoms with van der Waals surface area (Å²) in [6.07, 6.45) is 2.69. The number of thiophene rings is 1. The van der Waals surface area contributed by atoms with Crippen LogP contribution in [0.2, 0.25) is 0 Å². The molecule has 1 fully saturated rings. The molecule has 1 amide bonds. The van der Waals surface area contributed by atoms with Crippen molar-refractivity contribution >= 4 is 17.2 Å². The standard InChI is InChI=1S/C12H18N2OS/c15-12(14-7-5-13-6-8-14)3-1-2-11-4-9-16-10-11/h4,9-10,13H,1-3,5-8H2. The molecule has 16 heavy (non-hydrogen) atoms. The van der Waals surface area contributed by atoms with Gasteiger partial charge in [0, 0.05) is 32.6 Å². The maximum Gasteiger partial charge on any atom is 0.222 e. The summed E-state index contributed by atoms with van der Waals surface area (Å²) in [7, 11) is 0. The van der Waals surface area contributed by atoms with Crippen LogP contribution in [-0.4, -0.2) is 37.0 Å². The van der Waals surface area contributed by atoms with Crippen LogP contribution in [-0.2, 0) is 11.2 Å². The first-order valence-corrected chi connectivity index (χ1v) is 6.80. The van der Waals surface area contributed by atoms with Crippen LogP contribution < -0.4 is 5.32 Å². The Bertz CT molecular complexity index is 318. The van der Waals surface area contributed by atoms with Gasteiger partial charge in [0.2, 0.25) is 5.91 Å². The van der Waals surface area contributed by atoms with E-state index in [9.17, 15) is 4.79 Å². The molecular formula is C12H18N2OS. The van der Waals surface area contributed by atoms with Gasteiger partial charge in [0.15, 0.2) is 0 Å². The second kappa shape index (κ2) is 6.01. The van der Waals surface area contributed by atoms with Gasteiger partial charge in [-0.3, -0.25) is 4.79 Å². The van der Waals surface area contributed by atoms with Gasteiger partial charge in [0.25, 0.3) is 0 Å². The molecule has 1 aromatic heterocycles. The van der Waals surface area contributed by atoms with E-state index in [0.717, 1.165) is 39.0 Å². The zero-order valence-electron chi connectivity index (χ0n) is 9.45. The Morgan fingerprint density at radius 1 is 1.44 bits per heavy atom. The zero-order valence-corrected chi connectivity index (χ0v) is 10.3. The molecule has 2 heterocycles. The lowest BCUT2D eigenvalue weighted by Gasteiger charge is -2.27. The average molecular weight is 238 g/mol. The number of piperazine rings is 1. The number of rotatable bonds is 4. The largest absolute Gasteiger partial charge is 0.340 e. The van der Waals surface area contributed by atoms with E-state index in [0.29, 0.717) is 12.3 Å². The SMILES string of the molecule is O=C(CCCc1ccsc1)N1CCNCC1. The third-order valence-corrected chi connectivity index (χ3v) is 3.64. The van der Waals surface area contributed by atoms with Crippen molar-refractivity contribution in [3.05, 3.63) is 22.4 Å². The summed E-state index contributed by atoms with van der Waals surface area (Å²) in [5.74, 6) is 0.316. The lowest BCUT2D eigenvalue weighted by atomic mass is 10.1. The number of hydrogen-bond acceptors (Lipinski definition) is 3. The van der Waals surface area contributed by atoms with E-state index in [-0.39, 0.29) is 0 Å². The Balaban J connectivity index is 1.67. The number of nitrogens with one attached hydrogen (secondary N) is 1. The smallest absolute Gasteiger partial charge is 0.222 e. The quantitative estimate of drug-likeness (QED) is 0.862. The number of aryl methyl sites for hydroxylation is 1. The van der Waals surface area contributed by atoms with Crippen LogP contribution in [0, 0.1) is 0 Å². The van der Waals surface area contributed by atoms with Crippen LogP contribution in [0.5, 0.6) is 0 Å². The molecule has 0 bridgehead atoms.